The first-order valence-electron chi connectivity index (χ1n) is 7.20. The summed E-state index contributed by atoms with van der Waals surface area (Å²) >= 11 is 0. The predicted octanol–water partition coefficient (Wildman–Crippen LogP) is 2.97. The molecule has 0 radical (unpaired) electrons. The first kappa shape index (κ1) is 19.1. The molecular formula is C16H21O6P. The molecule has 3 unspecified atom stereocenters. The van der Waals surface area contributed by atoms with E-state index in [0.717, 1.165) is 0 Å². The highest BCUT2D eigenvalue weighted by Crippen LogP contribution is 2.53. The molecule has 1 aromatic carbocycles. The second kappa shape index (κ2) is 8.65. The van der Waals surface area contributed by atoms with Crippen LogP contribution in [-0.2, 0) is 20.3 Å². The summed E-state index contributed by atoms with van der Waals surface area (Å²) < 4.78 is 12.8. The van der Waals surface area contributed by atoms with E-state index >= 15 is 0 Å². The molecule has 1 rings (SSSR count). The normalized spacial score (nSPS) is 16.6. The van der Waals surface area contributed by atoms with Gasteiger partial charge in [-0.25, -0.2) is 0 Å². The Labute approximate surface area is 134 Å². The molecule has 6 nitrogen and oxygen atoms in total. The van der Waals surface area contributed by atoms with Gasteiger partial charge in [0.2, 0.25) is 7.37 Å². The monoisotopic (exact) mass is 340 g/mol. The topological polar surface area (TPSA) is 112 Å². The molecule has 0 aliphatic rings. The third kappa shape index (κ3) is 6.00. The van der Waals surface area contributed by atoms with Crippen LogP contribution >= 0.6 is 7.37 Å². The molecule has 0 amide bonds. The second-order valence-electron chi connectivity index (χ2n) is 5.29. The Balaban J connectivity index is 3.07. The van der Waals surface area contributed by atoms with Crippen LogP contribution in [0.5, 0.6) is 0 Å². The van der Waals surface area contributed by atoms with E-state index in [1.807, 2.05) is 0 Å². The van der Waals surface area contributed by atoms with Crippen molar-refractivity contribution in [1.29, 1.82) is 0 Å². The molecule has 126 valence electrons. The van der Waals surface area contributed by atoms with Gasteiger partial charge in [0.1, 0.15) is 0 Å². The van der Waals surface area contributed by atoms with Gasteiger partial charge in [-0.15, -0.1) is 0 Å². The van der Waals surface area contributed by atoms with Crippen LogP contribution in [0.1, 0.15) is 25.3 Å². The highest BCUT2D eigenvalue weighted by molar-refractivity contribution is 7.58. The zero-order chi connectivity index (χ0) is 17.5. The second-order valence-corrected chi connectivity index (χ2v) is 7.72. The summed E-state index contributed by atoms with van der Waals surface area (Å²) in [4.78, 5) is 32.6. The largest absolute Gasteiger partial charge is 0.481 e. The third-order valence-electron chi connectivity index (χ3n) is 3.51. The van der Waals surface area contributed by atoms with E-state index in [0.29, 0.717) is 5.56 Å². The Morgan fingerprint density at radius 2 is 1.83 bits per heavy atom. The van der Waals surface area contributed by atoms with E-state index in [4.69, 9.17) is 5.11 Å². The van der Waals surface area contributed by atoms with Crippen LogP contribution in [0.4, 0.5) is 0 Å². The Morgan fingerprint density at radius 1 is 1.22 bits per heavy atom. The van der Waals surface area contributed by atoms with Crippen LogP contribution in [0.25, 0.3) is 0 Å². The van der Waals surface area contributed by atoms with Crippen molar-refractivity contribution in [2.75, 3.05) is 0 Å². The summed E-state index contributed by atoms with van der Waals surface area (Å²) in [5.74, 6) is -3.62. The Bertz CT molecular complexity index is 610. The van der Waals surface area contributed by atoms with E-state index in [2.05, 4.69) is 0 Å². The van der Waals surface area contributed by atoms with Gasteiger partial charge in [-0.05, 0) is 18.9 Å². The van der Waals surface area contributed by atoms with Gasteiger partial charge < -0.3 is 15.1 Å². The Morgan fingerprint density at radius 3 is 2.30 bits per heavy atom. The molecule has 0 aliphatic heterocycles. The van der Waals surface area contributed by atoms with Crippen molar-refractivity contribution in [3.63, 3.8) is 0 Å². The number of rotatable bonds is 9. The molecule has 0 saturated carbocycles. The molecule has 3 N–H and O–H groups in total. The van der Waals surface area contributed by atoms with Gasteiger partial charge >= 0.3 is 11.9 Å². The van der Waals surface area contributed by atoms with Crippen molar-refractivity contribution in [2.24, 2.45) is 5.92 Å². The van der Waals surface area contributed by atoms with Gasteiger partial charge in [0, 0.05) is 6.42 Å². The van der Waals surface area contributed by atoms with Gasteiger partial charge in [0.15, 0.2) is 0 Å². The van der Waals surface area contributed by atoms with E-state index < -0.39 is 30.9 Å². The average Bonchev–Trinajstić information content (AvgIpc) is 2.46. The first-order valence-corrected chi connectivity index (χ1v) is 9.12. The average molecular weight is 340 g/mol. The van der Waals surface area contributed by atoms with E-state index in [9.17, 15) is 24.2 Å². The number of benzene rings is 1. The predicted molar refractivity (Wildman–Crippen MR) is 86.6 cm³/mol. The van der Waals surface area contributed by atoms with Crippen molar-refractivity contribution in [3.8, 4) is 0 Å². The molecule has 0 bridgehead atoms. The van der Waals surface area contributed by atoms with Crippen LogP contribution in [0.2, 0.25) is 0 Å². The molecule has 0 saturated heterocycles. The summed E-state index contributed by atoms with van der Waals surface area (Å²) in [6, 6.07) is 8.64. The summed E-state index contributed by atoms with van der Waals surface area (Å²) in [5.41, 5.74) is -0.486. The van der Waals surface area contributed by atoms with Gasteiger partial charge in [-0.3, -0.25) is 14.2 Å². The SMILES string of the molecule is CC=CC(C(CCC(=O)O)C(=O)O)P(=O)(O)Cc1ccccc1. The van der Waals surface area contributed by atoms with Crippen LogP contribution in [0, 0.1) is 5.92 Å². The lowest BCUT2D eigenvalue weighted by molar-refractivity contribution is -0.142. The van der Waals surface area contributed by atoms with Crippen molar-refractivity contribution >= 4 is 19.3 Å². The Hall–Kier alpha value is -1.91. The number of allylic oxidation sites excluding steroid dienone is 2. The smallest absolute Gasteiger partial charge is 0.307 e. The maximum absolute atomic E-state index is 12.8. The number of hydrogen-bond acceptors (Lipinski definition) is 3. The Kier molecular flexibility index (Phi) is 7.20. The summed E-state index contributed by atoms with van der Waals surface area (Å²) in [6.07, 6.45) is 2.20. The number of carboxylic acids is 2. The highest BCUT2D eigenvalue weighted by atomic mass is 31.2. The van der Waals surface area contributed by atoms with E-state index in [1.54, 1.807) is 37.3 Å². The van der Waals surface area contributed by atoms with Gasteiger partial charge in [-0.2, -0.15) is 0 Å². The highest BCUT2D eigenvalue weighted by Gasteiger charge is 2.39. The van der Waals surface area contributed by atoms with Gasteiger partial charge in [0.25, 0.3) is 0 Å². The van der Waals surface area contributed by atoms with Crippen molar-refractivity contribution in [2.45, 2.75) is 31.6 Å². The molecule has 7 heteroatoms. The molecule has 0 spiro atoms. The molecule has 23 heavy (non-hydrogen) atoms. The molecule has 3 atom stereocenters. The maximum Gasteiger partial charge on any atom is 0.307 e. The summed E-state index contributed by atoms with van der Waals surface area (Å²) in [6.45, 7) is 1.63. The minimum absolute atomic E-state index is 0.153. The fourth-order valence-corrected chi connectivity index (χ4v) is 4.64. The maximum atomic E-state index is 12.8. The van der Waals surface area contributed by atoms with E-state index in [1.165, 1.54) is 12.2 Å². The minimum atomic E-state index is -3.87. The van der Waals surface area contributed by atoms with Crippen LogP contribution in [-0.4, -0.2) is 32.7 Å². The molecule has 0 heterocycles. The standard InChI is InChI=1S/C16H21O6P/c1-2-6-14(13(16(19)20)9-10-15(17)18)23(21,22)11-12-7-4-3-5-8-12/h2-8,13-14H,9-11H2,1H3,(H,17,18)(H,19,20)(H,21,22). The number of hydrogen-bond donors (Lipinski definition) is 3. The zero-order valence-corrected chi connectivity index (χ0v) is 13.7. The lowest BCUT2D eigenvalue weighted by Crippen LogP contribution is -2.28. The molecular weight excluding hydrogens is 319 g/mol. The molecule has 0 aliphatic carbocycles. The first-order chi connectivity index (χ1) is 10.8. The van der Waals surface area contributed by atoms with Crippen LogP contribution in [0.3, 0.4) is 0 Å². The number of carbonyl (C=O) groups is 2. The van der Waals surface area contributed by atoms with Crippen molar-refractivity contribution < 1.29 is 29.3 Å². The van der Waals surface area contributed by atoms with Gasteiger partial charge in [0.05, 0.1) is 17.7 Å². The van der Waals surface area contributed by atoms with Crippen molar-refractivity contribution in [1.82, 2.24) is 0 Å². The minimum Gasteiger partial charge on any atom is -0.481 e. The summed E-state index contributed by atoms with van der Waals surface area (Å²) in [5, 5.41) is 18.1. The zero-order valence-electron chi connectivity index (χ0n) is 12.8. The van der Waals surface area contributed by atoms with Crippen LogP contribution < -0.4 is 0 Å². The fraction of sp³-hybridized carbons (Fsp3) is 0.375. The number of carboxylic acid groups (broad SMARTS) is 2. The molecule has 0 fully saturated rings. The lowest BCUT2D eigenvalue weighted by atomic mass is 9.99. The molecule has 1 aromatic rings. The third-order valence-corrected chi connectivity index (χ3v) is 5.79. The lowest BCUT2D eigenvalue weighted by Gasteiger charge is -2.26. The van der Waals surface area contributed by atoms with Crippen LogP contribution in [0.15, 0.2) is 42.5 Å². The quantitative estimate of drug-likeness (QED) is 0.471. The fourth-order valence-electron chi connectivity index (χ4n) is 2.42. The van der Waals surface area contributed by atoms with Gasteiger partial charge in [-0.1, -0.05) is 42.5 Å². The number of aliphatic carboxylic acids is 2. The van der Waals surface area contributed by atoms with Crippen molar-refractivity contribution in [3.05, 3.63) is 48.0 Å². The summed E-state index contributed by atoms with van der Waals surface area (Å²) in [7, 11) is -3.87. The van der Waals surface area contributed by atoms with E-state index in [-0.39, 0.29) is 19.0 Å². The molecule has 0 aromatic heterocycles.